The Morgan fingerprint density at radius 3 is 2.19 bits per heavy atom. The van der Waals surface area contributed by atoms with Crippen LogP contribution in [0.4, 0.5) is 0 Å². The fraction of sp³-hybridized carbons (Fsp3) is 0.588. The average Bonchev–Trinajstić information content (AvgIpc) is 2.46. The number of carbonyl (C=O) groups is 1. The predicted molar refractivity (Wildman–Crippen MR) is 84.7 cm³/mol. The molecule has 0 saturated carbocycles. The largest absolute Gasteiger partial charge is 0.497 e. The first-order valence-corrected chi connectivity index (χ1v) is 7.27. The smallest absolute Gasteiger partial charge is 0.230 e. The third-order valence-corrected chi connectivity index (χ3v) is 3.85. The van der Waals surface area contributed by atoms with Gasteiger partial charge in [0, 0.05) is 7.11 Å². The van der Waals surface area contributed by atoms with Gasteiger partial charge in [0.1, 0.15) is 5.75 Å². The molecule has 0 heterocycles. The highest BCUT2D eigenvalue weighted by atomic mass is 16.5. The van der Waals surface area contributed by atoms with Gasteiger partial charge in [0.2, 0.25) is 5.91 Å². The number of methoxy groups -OCH3 is 2. The van der Waals surface area contributed by atoms with Crippen LogP contribution in [0.2, 0.25) is 0 Å². The Balaban J connectivity index is 2.86. The first kappa shape index (κ1) is 17.5. The summed E-state index contributed by atoms with van der Waals surface area (Å²) >= 11 is 0. The lowest BCUT2D eigenvalue weighted by molar-refractivity contribution is -0.127. The van der Waals surface area contributed by atoms with Gasteiger partial charge in [0.25, 0.3) is 0 Å². The van der Waals surface area contributed by atoms with E-state index in [4.69, 9.17) is 9.47 Å². The van der Waals surface area contributed by atoms with Crippen molar-refractivity contribution in [1.29, 1.82) is 0 Å². The molecule has 1 atom stereocenters. The molecule has 0 saturated heterocycles. The number of ether oxygens (including phenoxy) is 2. The Labute approximate surface area is 127 Å². The van der Waals surface area contributed by atoms with Crippen molar-refractivity contribution in [1.82, 2.24) is 5.32 Å². The van der Waals surface area contributed by atoms with Crippen molar-refractivity contribution >= 4 is 5.91 Å². The van der Waals surface area contributed by atoms with Gasteiger partial charge in [-0.25, -0.2) is 0 Å². The van der Waals surface area contributed by atoms with Crippen LogP contribution < -0.4 is 10.1 Å². The van der Waals surface area contributed by atoms with Crippen LogP contribution in [0, 0.1) is 5.92 Å². The minimum Gasteiger partial charge on any atom is -0.497 e. The fourth-order valence-corrected chi connectivity index (χ4v) is 2.07. The monoisotopic (exact) mass is 293 g/mol. The lowest BCUT2D eigenvalue weighted by Gasteiger charge is -2.29. The number of nitrogens with one attached hydrogen (secondary N) is 1. The van der Waals surface area contributed by atoms with E-state index in [1.165, 1.54) is 0 Å². The average molecular weight is 293 g/mol. The van der Waals surface area contributed by atoms with E-state index in [9.17, 15) is 4.79 Å². The Bertz CT molecular complexity index is 452. The van der Waals surface area contributed by atoms with Crippen molar-refractivity contribution < 1.29 is 14.3 Å². The molecule has 1 rings (SSSR count). The third kappa shape index (κ3) is 4.46. The molecule has 0 unspecified atom stereocenters. The maximum absolute atomic E-state index is 12.6. The van der Waals surface area contributed by atoms with Crippen molar-refractivity contribution in [2.75, 3.05) is 20.8 Å². The van der Waals surface area contributed by atoms with Gasteiger partial charge >= 0.3 is 0 Å². The Morgan fingerprint density at radius 2 is 1.76 bits per heavy atom. The zero-order chi connectivity index (χ0) is 16.0. The highest BCUT2D eigenvalue weighted by molar-refractivity contribution is 5.87. The van der Waals surface area contributed by atoms with Crippen molar-refractivity contribution in [3.05, 3.63) is 29.8 Å². The minimum absolute atomic E-state index is 0.00316. The van der Waals surface area contributed by atoms with Crippen LogP contribution in [0.5, 0.6) is 5.75 Å². The van der Waals surface area contributed by atoms with Crippen molar-refractivity contribution in [3.8, 4) is 5.75 Å². The molecular formula is C17H27NO3. The standard InChI is InChI=1S/C17H27NO3/c1-12(2)15(11-20-5)18-16(19)17(3,4)13-7-9-14(21-6)10-8-13/h7-10,12,15H,11H2,1-6H3,(H,18,19)/t15-/m1/s1. The number of carbonyl (C=O) groups excluding carboxylic acids is 1. The zero-order valence-corrected chi connectivity index (χ0v) is 13.9. The van der Waals surface area contributed by atoms with Gasteiger partial charge in [-0.1, -0.05) is 26.0 Å². The van der Waals surface area contributed by atoms with Gasteiger partial charge in [-0.2, -0.15) is 0 Å². The first-order chi connectivity index (χ1) is 9.82. The fourth-order valence-electron chi connectivity index (χ4n) is 2.07. The molecule has 1 aromatic carbocycles. The molecule has 4 heteroatoms. The molecule has 0 aliphatic rings. The number of hydrogen-bond acceptors (Lipinski definition) is 3. The van der Waals surface area contributed by atoms with Gasteiger partial charge < -0.3 is 14.8 Å². The number of benzene rings is 1. The van der Waals surface area contributed by atoms with Gasteiger partial charge in [-0.3, -0.25) is 4.79 Å². The van der Waals surface area contributed by atoms with Crippen molar-refractivity contribution in [3.63, 3.8) is 0 Å². The minimum atomic E-state index is -0.604. The Morgan fingerprint density at radius 1 is 1.19 bits per heavy atom. The molecule has 1 amide bonds. The zero-order valence-electron chi connectivity index (χ0n) is 13.9. The summed E-state index contributed by atoms with van der Waals surface area (Å²) in [7, 11) is 3.28. The van der Waals surface area contributed by atoms with E-state index in [2.05, 4.69) is 19.2 Å². The lowest BCUT2D eigenvalue weighted by Crippen LogP contribution is -2.48. The Hall–Kier alpha value is -1.55. The molecule has 0 spiro atoms. The lowest BCUT2D eigenvalue weighted by atomic mass is 9.83. The van der Waals surface area contributed by atoms with Crippen LogP contribution in [0.15, 0.2) is 24.3 Å². The summed E-state index contributed by atoms with van der Waals surface area (Å²) < 4.78 is 10.3. The molecule has 0 aromatic heterocycles. The van der Waals surface area contributed by atoms with E-state index in [0.29, 0.717) is 12.5 Å². The molecule has 21 heavy (non-hydrogen) atoms. The molecule has 0 aliphatic carbocycles. The summed E-state index contributed by atoms with van der Waals surface area (Å²) in [6.07, 6.45) is 0. The molecular weight excluding hydrogens is 266 g/mol. The number of hydrogen-bond donors (Lipinski definition) is 1. The normalized spacial score (nSPS) is 13.1. The van der Waals surface area contributed by atoms with Crippen molar-refractivity contribution in [2.45, 2.75) is 39.2 Å². The maximum atomic E-state index is 12.6. The summed E-state index contributed by atoms with van der Waals surface area (Å²) in [4.78, 5) is 12.6. The van der Waals surface area contributed by atoms with E-state index in [0.717, 1.165) is 11.3 Å². The highest BCUT2D eigenvalue weighted by Gasteiger charge is 2.31. The second-order valence-corrected chi connectivity index (χ2v) is 6.13. The summed E-state index contributed by atoms with van der Waals surface area (Å²) in [5.74, 6) is 1.11. The SMILES string of the molecule is COC[C@@H](NC(=O)C(C)(C)c1ccc(OC)cc1)C(C)C. The van der Waals surface area contributed by atoms with Gasteiger partial charge in [0.05, 0.1) is 25.2 Å². The summed E-state index contributed by atoms with van der Waals surface area (Å²) in [6.45, 7) is 8.51. The molecule has 1 aromatic rings. The topological polar surface area (TPSA) is 47.6 Å². The van der Waals surface area contributed by atoms with E-state index >= 15 is 0 Å². The molecule has 1 N–H and O–H groups in total. The summed E-state index contributed by atoms with van der Waals surface area (Å²) in [5.41, 5.74) is 0.355. The highest BCUT2D eigenvalue weighted by Crippen LogP contribution is 2.26. The molecule has 0 radical (unpaired) electrons. The van der Waals surface area contributed by atoms with E-state index in [1.807, 2.05) is 38.1 Å². The molecule has 118 valence electrons. The molecule has 4 nitrogen and oxygen atoms in total. The molecule has 0 fully saturated rings. The summed E-state index contributed by atoms with van der Waals surface area (Å²) in [6, 6.07) is 7.62. The third-order valence-electron chi connectivity index (χ3n) is 3.85. The van der Waals surface area contributed by atoms with E-state index in [1.54, 1.807) is 14.2 Å². The second-order valence-electron chi connectivity index (χ2n) is 6.13. The van der Waals surface area contributed by atoms with Crippen LogP contribution >= 0.6 is 0 Å². The summed E-state index contributed by atoms with van der Waals surface area (Å²) in [5, 5.41) is 3.09. The Kier molecular flexibility index (Phi) is 6.21. The number of amides is 1. The number of rotatable bonds is 7. The van der Waals surface area contributed by atoms with Crippen LogP contribution in [0.3, 0.4) is 0 Å². The van der Waals surface area contributed by atoms with Crippen LogP contribution in [0.1, 0.15) is 33.3 Å². The first-order valence-electron chi connectivity index (χ1n) is 7.27. The van der Waals surface area contributed by atoms with Crippen molar-refractivity contribution in [2.24, 2.45) is 5.92 Å². The van der Waals surface area contributed by atoms with Gasteiger partial charge in [0.15, 0.2) is 0 Å². The van der Waals surface area contributed by atoms with Crippen LogP contribution in [-0.2, 0) is 14.9 Å². The predicted octanol–water partition coefficient (Wildman–Crippen LogP) is 2.76. The van der Waals surface area contributed by atoms with Crippen LogP contribution in [0.25, 0.3) is 0 Å². The second kappa shape index (κ2) is 7.46. The van der Waals surface area contributed by atoms with Crippen LogP contribution in [-0.4, -0.2) is 32.8 Å². The molecule has 0 aliphatic heterocycles. The quantitative estimate of drug-likeness (QED) is 0.841. The van der Waals surface area contributed by atoms with Gasteiger partial charge in [-0.05, 0) is 37.5 Å². The van der Waals surface area contributed by atoms with Gasteiger partial charge in [-0.15, -0.1) is 0 Å². The van der Waals surface area contributed by atoms with E-state index in [-0.39, 0.29) is 11.9 Å². The van der Waals surface area contributed by atoms with E-state index < -0.39 is 5.41 Å². The maximum Gasteiger partial charge on any atom is 0.230 e. The molecule has 0 bridgehead atoms.